The maximum Gasteiger partial charge on any atom is 0.257 e. The first-order valence-corrected chi connectivity index (χ1v) is 9.43. The second-order valence-electron chi connectivity index (χ2n) is 7.06. The van der Waals surface area contributed by atoms with Gasteiger partial charge in [-0.3, -0.25) is 20.1 Å². The van der Waals surface area contributed by atoms with Crippen LogP contribution in [0.15, 0.2) is 0 Å². The summed E-state index contributed by atoms with van der Waals surface area (Å²) in [6.45, 7) is 3.94. The van der Waals surface area contributed by atoms with Crippen molar-refractivity contribution in [2.45, 2.75) is 77.3 Å². The molecule has 7 heteroatoms. The van der Waals surface area contributed by atoms with E-state index in [4.69, 9.17) is 5.21 Å². The summed E-state index contributed by atoms with van der Waals surface area (Å²) in [6, 6.07) is -0.392. The van der Waals surface area contributed by atoms with Crippen LogP contribution in [0.2, 0.25) is 0 Å². The Bertz CT molecular complexity index is 431. The minimum Gasteiger partial charge on any atom is -0.352 e. The molecule has 4 unspecified atom stereocenters. The number of rotatable bonds is 11. The van der Waals surface area contributed by atoms with E-state index in [1.807, 2.05) is 6.92 Å². The number of carbonyl (C=O) groups is 3. The van der Waals surface area contributed by atoms with Gasteiger partial charge in [-0.1, -0.05) is 33.1 Å². The molecule has 0 aromatic rings. The molecule has 25 heavy (non-hydrogen) atoms. The third kappa shape index (κ3) is 7.52. The van der Waals surface area contributed by atoms with Crippen molar-refractivity contribution < 1.29 is 19.6 Å². The van der Waals surface area contributed by atoms with Crippen LogP contribution in [-0.4, -0.2) is 41.9 Å². The van der Waals surface area contributed by atoms with E-state index < -0.39 is 11.9 Å². The Kier molecular flexibility index (Phi) is 10.3. The molecule has 1 aliphatic carbocycles. The number of hydroxylamine groups is 1. The number of hydrogen-bond acceptors (Lipinski definition) is 5. The molecule has 1 saturated carbocycles. The number of hydrogen-bond donors (Lipinski definition) is 4. The Morgan fingerprint density at radius 3 is 2.64 bits per heavy atom. The van der Waals surface area contributed by atoms with Crippen LogP contribution in [0.4, 0.5) is 0 Å². The van der Waals surface area contributed by atoms with E-state index in [0.29, 0.717) is 12.3 Å². The van der Waals surface area contributed by atoms with Gasteiger partial charge in [0.25, 0.3) is 5.91 Å². The van der Waals surface area contributed by atoms with Gasteiger partial charge in [-0.05, 0) is 37.5 Å². The molecule has 1 fully saturated rings. The molecule has 0 aromatic carbocycles. The predicted molar refractivity (Wildman–Crippen MR) is 95.0 cm³/mol. The molecule has 0 spiro atoms. The Hall–Kier alpha value is -1.47. The Morgan fingerprint density at radius 1 is 1.28 bits per heavy atom. The lowest BCUT2D eigenvalue weighted by Crippen LogP contribution is -2.54. The Balaban J connectivity index is 2.70. The molecule has 0 aromatic heterocycles. The first-order chi connectivity index (χ1) is 12.0. The van der Waals surface area contributed by atoms with Crippen LogP contribution >= 0.6 is 0 Å². The normalized spacial score (nSPS) is 22.7. The van der Waals surface area contributed by atoms with Gasteiger partial charge in [0.1, 0.15) is 6.29 Å². The molecule has 144 valence electrons. The molecule has 1 rings (SSSR count). The zero-order chi connectivity index (χ0) is 18.7. The third-order valence-corrected chi connectivity index (χ3v) is 5.09. The maximum absolute atomic E-state index is 12.8. The quantitative estimate of drug-likeness (QED) is 0.255. The van der Waals surface area contributed by atoms with E-state index in [9.17, 15) is 14.4 Å². The lowest BCUT2D eigenvalue weighted by Gasteiger charge is -2.34. The molecule has 0 radical (unpaired) electrons. The first-order valence-electron chi connectivity index (χ1n) is 9.43. The minimum absolute atomic E-state index is 0.0773. The van der Waals surface area contributed by atoms with Crippen molar-refractivity contribution in [2.24, 2.45) is 11.8 Å². The summed E-state index contributed by atoms with van der Waals surface area (Å²) in [5, 5.41) is 14.7. The van der Waals surface area contributed by atoms with E-state index in [1.165, 1.54) is 0 Å². The van der Waals surface area contributed by atoms with E-state index in [0.717, 1.165) is 51.2 Å². The number of nitrogens with one attached hydrogen (secondary N) is 3. The van der Waals surface area contributed by atoms with Gasteiger partial charge in [0.15, 0.2) is 0 Å². The smallest absolute Gasteiger partial charge is 0.257 e. The molecule has 0 bridgehead atoms. The van der Waals surface area contributed by atoms with Crippen molar-refractivity contribution in [3.8, 4) is 0 Å². The highest BCUT2D eigenvalue weighted by atomic mass is 16.5. The highest BCUT2D eigenvalue weighted by molar-refractivity contribution is 5.84. The zero-order valence-corrected chi connectivity index (χ0v) is 15.4. The van der Waals surface area contributed by atoms with Crippen molar-refractivity contribution in [3.63, 3.8) is 0 Å². The Labute approximate surface area is 150 Å². The van der Waals surface area contributed by atoms with Gasteiger partial charge < -0.3 is 10.1 Å². The summed E-state index contributed by atoms with van der Waals surface area (Å²) >= 11 is 0. The monoisotopic (exact) mass is 355 g/mol. The van der Waals surface area contributed by atoms with Crippen molar-refractivity contribution in [2.75, 3.05) is 6.54 Å². The summed E-state index contributed by atoms with van der Waals surface area (Å²) in [5.41, 5.74) is 1.58. The zero-order valence-electron chi connectivity index (χ0n) is 15.4. The fourth-order valence-corrected chi connectivity index (χ4v) is 3.71. The van der Waals surface area contributed by atoms with E-state index in [2.05, 4.69) is 17.6 Å². The number of aldehydes is 1. The van der Waals surface area contributed by atoms with Gasteiger partial charge >= 0.3 is 0 Å². The van der Waals surface area contributed by atoms with Crippen LogP contribution in [0.1, 0.15) is 65.2 Å². The second kappa shape index (κ2) is 12.0. The molecule has 0 saturated heterocycles. The lowest BCUT2D eigenvalue weighted by atomic mass is 9.81. The van der Waals surface area contributed by atoms with Crippen molar-refractivity contribution in [3.05, 3.63) is 0 Å². The predicted octanol–water partition coefficient (Wildman–Crippen LogP) is 1.54. The van der Waals surface area contributed by atoms with Crippen molar-refractivity contribution >= 4 is 18.1 Å². The minimum atomic E-state index is -0.567. The molecular formula is C18H33N3O4. The van der Waals surface area contributed by atoms with Gasteiger partial charge in [0.2, 0.25) is 5.91 Å². The standard InChI is InChI=1S/C18H33N3O4/c1-3-7-13(2)17(19-12-16(23)21-25)18(24)20-15-10-5-4-8-14(15)9-6-11-22/h11,13-15,17,19,25H,3-10,12H2,1-2H3,(H,20,24)(H,21,23). The summed E-state index contributed by atoms with van der Waals surface area (Å²) < 4.78 is 0. The van der Waals surface area contributed by atoms with Crippen molar-refractivity contribution in [1.29, 1.82) is 0 Å². The molecule has 4 atom stereocenters. The molecule has 4 N–H and O–H groups in total. The lowest BCUT2D eigenvalue weighted by molar-refractivity contribution is -0.129. The van der Waals surface area contributed by atoms with Crippen molar-refractivity contribution in [1.82, 2.24) is 16.1 Å². The first kappa shape index (κ1) is 21.6. The summed E-state index contributed by atoms with van der Waals surface area (Å²) in [7, 11) is 0. The van der Waals surface area contributed by atoms with Crippen LogP contribution in [0.5, 0.6) is 0 Å². The van der Waals surface area contributed by atoms with Crippen LogP contribution < -0.4 is 16.1 Å². The van der Waals surface area contributed by atoms with Gasteiger partial charge in [-0.2, -0.15) is 0 Å². The van der Waals surface area contributed by atoms with E-state index in [-0.39, 0.29) is 24.4 Å². The Morgan fingerprint density at radius 2 is 2.00 bits per heavy atom. The van der Waals surface area contributed by atoms with Gasteiger partial charge in [0.05, 0.1) is 12.6 Å². The van der Waals surface area contributed by atoms with Crippen LogP contribution in [0.3, 0.4) is 0 Å². The SMILES string of the molecule is CCCC(C)C(NCC(=O)NO)C(=O)NC1CCCCC1CCC=O. The largest absolute Gasteiger partial charge is 0.352 e. The fourth-order valence-electron chi connectivity index (χ4n) is 3.71. The molecule has 7 nitrogen and oxygen atoms in total. The van der Waals surface area contributed by atoms with Crippen LogP contribution in [0, 0.1) is 11.8 Å². The molecule has 0 heterocycles. The maximum atomic E-state index is 12.8. The van der Waals surface area contributed by atoms with Gasteiger partial charge in [-0.15, -0.1) is 0 Å². The average Bonchev–Trinajstić information content (AvgIpc) is 2.61. The summed E-state index contributed by atoms with van der Waals surface area (Å²) in [4.78, 5) is 34.8. The number of amides is 2. The number of carbonyl (C=O) groups excluding carboxylic acids is 3. The molecule has 1 aliphatic rings. The molecular weight excluding hydrogens is 322 g/mol. The highest BCUT2D eigenvalue weighted by Crippen LogP contribution is 2.28. The fraction of sp³-hybridized carbons (Fsp3) is 0.833. The topological polar surface area (TPSA) is 108 Å². The molecule has 0 aliphatic heterocycles. The average molecular weight is 355 g/mol. The molecule has 2 amide bonds. The highest BCUT2D eigenvalue weighted by Gasteiger charge is 2.30. The van der Waals surface area contributed by atoms with Gasteiger partial charge in [-0.25, -0.2) is 5.48 Å². The summed E-state index contributed by atoms with van der Waals surface area (Å²) in [5.74, 6) is -0.253. The van der Waals surface area contributed by atoms with E-state index in [1.54, 1.807) is 5.48 Å². The third-order valence-electron chi connectivity index (χ3n) is 5.09. The second-order valence-corrected chi connectivity index (χ2v) is 7.06. The van der Waals surface area contributed by atoms with Crippen LogP contribution in [-0.2, 0) is 14.4 Å². The summed E-state index contributed by atoms with van der Waals surface area (Å²) in [6.07, 6.45) is 8.28. The van der Waals surface area contributed by atoms with Gasteiger partial charge in [0, 0.05) is 12.5 Å². The van der Waals surface area contributed by atoms with Crippen LogP contribution in [0.25, 0.3) is 0 Å². The van der Waals surface area contributed by atoms with E-state index >= 15 is 0 Å².